The number of nitrogens with zero attached hydrogens (tertiary/aromatic N) is 3. The number of hydrogen-bond donors (Lipinski definition) is 0. The van der Waals surface area contributed by atoms with Crippen LogP contribution < -0.4 is 0 Å². The third kappa shape index (κ3) is 4.72. The molecule has 0 saturated heterocycles. The molecule has 0 saturated carbocycles. The van der Waals surface area contributed by atoms with Crippen molar-refractivity contribution in [1.82, 2.24) is 14.8 Å². The molecule has 0 atom stereocenters. The van der Waals surface area contributed by atoms with Crippen molar-refractivity contribution in [3.63, 3.8) is 0 Å². The van der Waals surface area contributed by atoms with Crippen molar-refractivity contribution in [1.29, 1.82) is 0 Å². The maximum absolute atomic E-state index is 13.7. The monoisotopic (exact) mass is 399 g/mol. The van der Waals surface area contributed by atoms with Gasteiger partial charge in [-0.05, 0) is 61.8 Å². The molecule has 2 aromatic rings. The number of carbonyl (C=O) groups is 1. The Hall–Kier alpha value is -1.69. The van der Waals surface area contributed by atoms with Crippen molar-refractivity contribution in [3.05, 3.63) is 64.2 Å². The molecule has 0 radical (unpaired) electrons. The molecule has 0 spiro atoms. The normalized spacial score (nSPS) is 12.9. The fraction of sp³-hybridized carbons (Fsp3) is 0.368. The highest BCUT2D eigenvalue weighted by molar-refractivity contribution is 5.94. The minimum absolute atomic E-state index is 0. The molecule has 1 aliphatic rings. The van der Waals surface area contributed by atoms with E-state index in [0.717, 1.165) is 18.5 Å². The summed E-state index contributed by atoms with van der Waals surface area (Å²) < 4.78 is 13.7. The van der Waals surface area contributed by atoms with E-state index in [1.165, 1.54) is 17.2 Å². The Labute approximate surface area is 166 Å². The van der Waals surface area contributed by atoms with Crippen LogP contribution in [-0.4, -0.2) is 41.3 Å². The van der Waals surface area contributed by atoms with Crippen LogP contribution in [0.2, 0.25) is 0 Å². The first-order valence-corrected chi connectivity index (χ1v) is 8.10. The zero-order valence-electron chi connectivity index (χ0n) is 15.2. The van der Waals surface area contributed by atoms with Crippen LogP contribution in [0.4, 0.5) is 4.39 Å². The average molecular weight is 400 g/mol. The fourth-order valence-electron chi connectivity index (χ4n) is 3.13. The lowest BCUT2D eigenvalue weighted by molar-refractivity contribution is 0.0733. The Morgan fingerprint density at radius 2 is 2.00 bits per heavy atom. The smallest absolute Gasteiger partial charge is 0.254 e. The highest BCUT2D eigenvalue weighted by atomic mass is 35.5. The number of benzene rings is 1. The van der Waals surface area contributed by atoms with Crippen LogP contribution in [0.1, 0.15) is 32.6 Å². The lowest BCUT2D eigenvalue weighted by Crippen LogP contribution is -2.36. The number of rotatable bonds is 3. The number of pyridine rings is 1. The van der Waals surface area contributed by atoms with E-state index in [4.69, 9.17) is 0 Å². The predicted octanol–water partition coefficient (Wildman–Crippen LogP) is 3.63. The van der Waals surface area contributed by atoms with Crippen molar-refractivity contribution in [3.8, 4) is 0 Å². The molecule has 1 aromatic heterocycles. The summed E-state index contributed by atoms with van der Waals surface area (Å²) in [6.45, 7) is 3.70. The Balaban J connectivity index is 0.00000169. The summed E-state index contributed by atoms with van der Waals surface area (Å²) in [5.74, 6) is -0.467. The molecule has 4 nitrogen and oxygen atoms in total. The Bertz CT molecular complexity index is 783. The van der Waals surface area contributed by atoms with E-state index in [-0.39, 0.29) is 36.5 Å². The van der Waals surface area contributed by atoms with Crippen LogP contribution in [0, 0.1) is 12.7 Å². The molecule has 3 rings (SSSR count). The average Bonchev–Trinajstić information content (AvgIpc) is 2.56. The van der Waals surface area contributed by atoms with Crippen LogP contribution in [0.5, 0.6) is 0 Å². The van der Waals surface area contributed by atoms with Gasteiger partial charge in [0.15, 0.2) is 0 Å². The summed E-state index contributed by atoms with van der Waals surface area (Å²) in [4.78, 5) is 20.9. The van der Waals surface area contributed by atoms with Crippen molar-refractivity contribution in [2.24, 2.45) is 0 Å². The number of hydrogen-bond acceptors (Lipinski definition) is 3. The fourth-order valence-corrected chi connectivity index (χ4v) is 3.13. The third-order valence-electron chi connectivity index (χ3n) is 4.42. The minimum atomic E-state index is -0.340. The first-order valence-electron chi connectivity index (χ1n) is 8.10. The molecule has 7 heteroatoms. The van der Waals surface area contributed by atoms with Gasteiger partial charge in [-0.3, -0.25) is 9.78 Å². The summed E-state index contributed by atoms with van der Waals surface area (Å²) in [6, 6.07) is 4.67. The van der Waals surface area contributed by atoms with Gasteiger partial charge in [0.05, 0.1) is 0 Å². The third-order valence-corrected chi connectivity index (χ3v) is 4.42. The van der Waals surface area contributed by atoms with Gasteiger partial charge < -0.3 is 9.80 Å². The Kier molecular flexibility index (Phi) is 8.00. The summed E-state index contributed by atoms with van der Waals surface area (Å²) in [7, 11) is 4.06. The molecular weight excluding hydrogens is 376 g/mol. The van der Waals surface area contributed by atoms with Gasteiger partial charge in [-0.1, -0.05) is 6.07 Å². The number of fused-ring (bicyclic) bond motifs is 1. The quantitative estimate of drug-likeness (QED) is 0.790. The predicted molar refractivity (Wildman–Crippen MR) is 106 cm³/mol. The molecule has 142 valence electrons. The van der Waals surface area contributed by atoms with Gasteiger partial charge in [0.25, 0.3) is 5.91 Å². The van der Waals surface area contributed by atoms with Crippen LogP contribution in [0.15, 0.2) is 30.6 Å². The number of aromatic nitrogens is 1. The summed E-state index contributed by atoms with van der Waals surface area (Å²) in [5, 5.41) is 0. The van der Waals surface area contributed by atoms with Crippen LogP contribution >= 0.6 is 24.8 Å². The Morgan fingerprint density at radius 1 is 1.27 bits per heavy atom. The van der Waals surface area contributed by atoms with Crippen LogP contribution in [0.25, 0.3) is 0 Å². The van der Waals surface area contributed by atoms with E-state index in [2.05, 4.69) is 9.88 Å². The van der Waals surface area contributed by atoms with Gasteiger partial charge in [-0.15, -0.1) is 24.8 Å². The van der Waals surface area contributed by atoms with Crippen LogP contribution in [-0.2, 0) is 19.5 Å². The molecule has 0 N–H and O–H groups in total. The summed E-state index contributed by atoms with van der Waals surface area (Å²) >= 11 is 0. The second-order valence-corrected chi connectivity index (χ2v) is 6.61. The Morgan fingerprint density at radius 3 is 2.65 bits per heavy atom. The van der Waals surface area contributed by atoms with Gasteiger partial charge in [0.1, 0.15) is 5.82 Å². The zero-order chi connectivity index (χ0) is 17.3. The second-order valence-electron chi connectivity index (χ2n) is 6.61. The molecule has 1 aromatic carbocycles. The van der Waals surface area contributed by atoms with Crippen molar-refractivity contribution in [2.45, 2.75) is 26.4 Å². The van der Waals surface area contributed by atoms with E-state index in [0.29, 0.717) is 24.2 Å². The van der Waals surface area contributed by atoms with E-state index in [1.54, 1.807) is 24.0 Å². The largest absolute Gasteiger partial charge is 0.334 e. The number of amides is 1. The zero-order valence-corrected chi connectivity index (χ0v) is 16.8. The highest BCUT2D eigenvalue weighted by Gasteiger charge is 2.24. The minimum Gasteiger partial charge on any atom is -0.334 e. The second kappa shape index (κ2) is 9.31. The lowest BCUT2D eigenvalue weighted by Gasteiger charge is -2.30. The van der Waals surface area contributed by atoms with Gasteiger partial charge >= 0.3 is 0 Å². The molecule has 1 aliphatic heterocycles. The van der Waals surface area contributed by atoms with Gasteiger partial charge in [-0.2, -0.15) is 0 Å². The van der Waals surface area contributed by atoms with E-state index >= 15 is 0 Å². The molecule has 1 amide bonds. The van der Waals surface area contributed by atoms with Crippen molar-refractivity contribution < 1.29 is 9.18 Å². The van der Waals surface area contributed by atoms with Crippen molar-refractivity contribution >= 4 is 30.7 Å². The van der Waals surface area contributed by atoms with Crippen molar-refractivity contribution in [2.75, 3.05) is 20.6 Å². The molecule has 0 aliphatic carbocycles. The molecule has 0 unspecified atom stereocenters. The SMILES string of the molecule is Cc1ccc(C(=O)N2CCc3c(CN(C)C)cncc3C2)cc1F.Cl.Cl. The molecule has 0 fully saturated rings. The number of halogens is 3. The van der Waals surface area contributed by atoms with Gasteiger partial charge in [0.2, 0.25) is 0 Å². The first-order chi connectivity index (χ1) is 11.5. The maximum Gasteiger partial charge on any atom is 0.254 e. The maximum atomic E-state index is 13.7. The molecule has 0 bridgehead atoms. The summed E-state index contributed by atoms with van der Waals surface area (Å²) in [6.07, 6.45) is 4.55. The van der Waals surface area contributed by atoms with Gasteiger partial charge in [0, 0.05) is 37.6 Å². The number of carbonyl (C=O) groups excluding carboxylic acids is 1. The topological polar surface area (TPSA) is 36.4 Å². The molecular formula is C19H24Cl2FN3O. The lowest BCUT2D eigenvalue weighted by atomic mass is 9.96. The standard InChI is InChI=1S/C19H22FN3O.2ClH/c1-13-4-5-14(8-18(13)20)19(24)23-7-6-17-15(11-22(2)3)9-21-10-16(17)12-23;;/h4-5,8-10H,6-7,11-12H2,1-3H3;2*1H. The number of aryl methyl sites for hydroxylation is 1. The first kappa shape index (κ1) is 22.4. The van der Waals surface area contributed by atoms with Gasteiger partial charge in [-0.25, -0.2) is 4.39 Å². The van der Waals surface area contributed by atoms with E-state index < -0.39 is 0 Å². The highest BCUT2D eigenvalue weighted by Crippen LogP contribution is 2.24. The van der Waals surface area contributed by atoms with E-state index in [1.807, 2.05) is 26.5 Å². The van der Waals surface area contributed by atoms with Crippen LogP contribution in [0.3, 0.4) is 0 Å². The summed E-state index contributed by atoms with van der Waals surface area (Å²) in [5.41, 5.74) is 4.54. The molecule has 26 heavy (non-hydrogen) atoms. The van der Waals surface area contributed by atoms with E-state index in [9.17, 15) is 9.18 Å². The molecule has 2 heterocycles.